The monoisotopic (exact) mass is 449 g/mol. The highest BCUT2D eigenvalue weighted by Gasteiger charge is 2.16. The number of carboxylic acids is 1. The van der Waals surface area contributed by atoms with Crippen molar-refractivity contribution in [3.8, 4) is 5.75 Å². The zero-order chi connectivity index (χ0) is 16.1. The molecule has 0 radical (unpaired) electrons. The Labute approximate surface area is 146 Å². The topological polar surface area (TPSA) is 100 Å². The van der Waals surface area contributed by atoms with Crippen molar-refractivity contribution in [1.82, 2.24) is 5.32 Å². The highest BCUT2D eigenvalue weighted by Crippen LogP contribution is 2.34. The molecule has 2 rings (SSSR count). The normalized spacial score (nSPS) is 16.3. The maximum Gasteiger partial charge on any atom is 0.341 e. The molecule has 1 amide bonds. The molecule has 1 aliphatic heterocycles. The Kier molecular flexibility index (Phi) is 5.98. The molecule has 1 aromatic carbocycles. The minimum absolute atomic E-state index is 0.0932. The summed E-state index contributed by atoms with van der Waals surface area (Å²) in [5, 5.41) is 19.4. The van der Waals surface area contributed by atoms with Crippen LogP contribution in [0, 0.1) is 0 Å². The summed E-state index contributed by atoms with van der Waals surface area (Å²) in [4.78, 5) is 21.5. The van der Waals surface area contributed by atoms with Crippen LogP contribution in [0.25, 0.3) is 0 Å². The Bertz CT molecular complexity index is 655. The van der Waals surface area contributed by atoms with E-state index in [0.29, 0.717) is 25.6 Å². The van der Waals surface area contributed by atoms with Gasteiger partial charge in [-0.3, -0.25) is 4.79 Å². The van der Waals surface area contributed by atoms with E-state index in [9.17, 15) is 9.59 Å². The van der Waals surface area contributed by atoms with Crippen LogP contribution in [0.5, 0.6) is 5.75 Å². The molecular formula is C12H9Br2N3O4S. The van der Waals surface area contributed by atoms with Crippen molar-refractivity contribution in [3.05, 3.63) is 26.6 Å². The number of carboxylic acid groups (broad SMARTS) is 1. The molecule has 7 nitrogen and oxygen atoms in total. The van der Waals surface area contributed by atoms with Gasteiger partial charge in [0.05, 0.1) is 20.9 Å². The molecule has 1 saturated heterocycles. The van der Waals surface area contributed by atoms with Gasteiger partial charge in [0.1, 0.15) is 5.75 Å². The molecule has 0 aliphatic carbocycles. The Balaban J connectivity index is 2.09. The minimum atomic E-state index is -1.06. The first-order valence-electron chi connectivity index (χ1n) is 5.83. The van der Waals surface area contributed by atoms with Crippen LogP contribution < -0.4 is 10.1 Å². The molecule has 0 aromatic heterocycles. The number of amidine groups is 1. The molecule has 1 heterocycles. The summed E-state index contributed by atoms with van der Waals surface area (Å²) in [7, 11) is 0. The van der Waals surface area contributed by atoms with Crippen LogP contribution in [-0.2, 0) is 9.59 Å². The fourth-order valence-electron chi connectivity index (χ4n) is 1.45. The average molecular weight is 451 g/mol. The van der Waals surface area contributed by atoms with E-state index in [2.05, 4.69) is 47.4 Å². The van der Waals surface area contributed by atoms with E-state index in [1.54, 1.807) is 12.1 Å². The van der Waals surface area contributed by atoms with E-state index in [4.69, 9.17) is 9.84 Å². The number of carbonyl (C=O) groups is 2. The molecule has 1 aromatic rings. The van der Waals surface area contributed by atoms with Crippen molar-refractivity contribution in [1.29, 1.82) is 0 Å². The van der Waals surface area contributed by atoms with E-state index in [0.717, 1.165) is 5.56 Å². The number of thioether (sulfide) groups is 1. The molecular weight excluding hydrogens is 442 g/mol. The maximum atomic E-state index is 11.0. The lowest BCUT2D eigenvalue weighted by molar-refractivity contribution is -0.139. The lowest BCUT2D eigenvalue weighted by Crippen LogP contribution is -2.19. The summed E-state index contributed by atoms with van der Waals surface area (Å²) in [6.45, 7) is -0.435. The number of amides is 1. The highest BCUT2D eigenvalue weighted by molar-refractivity contribution is 9.11. The first-order chi connectivity index (χ1) is 10.5. The van der Waals surface area contributed by atoms with Gasteiger partial charge in [-0.25, -0.2) is 4.79 Å². The zero-order valence-corrected chi connectivity index (χ0v) is 14.9. The van der Waals surface area contributed by atoms with Gasteiger partial charge >= 0.3 is 5.97 Å². The zero-order valence-electron chi connectivity index (χ0n) is 10.9. The van der Waals surface area contributed by atoms with Crippen LogP contribution in [0.15, 0.2) is 31.3 Å². The van der Waals surface area contributed by atoms with Gasteiger partial charge in [-0.2, -0.15) is 5.10 Å². The summed E-state index contributed by atoms with van der Waals surface area (Å²) in [5.74, 6) is -0.411. The van der Waals surface area contributed by atoms with Gasteiger partial charge in [0, 0.05) is 0 Å². The number of nitrogens with one attached hydrogen (secondary N) is 1. The molecule has 10 heteroatoms. The predicted octanol–water partition coefficient (Wildman–Crippen LogP) is 2.23. The third-order valence-corrected chi connectivity index (χ3v) is 4.34. The fourth-order valence-corrected chi connectivity index (χ4v) is 3.53. The second-order valence-corrected chi connectivity index (χ2v) is 6.66. The number of hydrogen-bond donors (Lipinski definition) is 2. The molecule has 2 N–H and O–H groups in total. The summed E-state index contributed by atoms with van der Waals surface area (Å²) >= 11 is 7.90. The van der Waals surface area contributed by atoms with Crippen molar-refractivity contribution < 1.29 is 19.4 Å². The summed E-state index contributed by atoms with van der Waals surface area (Å²) in [6, 6.07) is 3.43. The largest absolute Gasteiger partial charge is 0.480 e. The van der Waals surface area contributed by atoms with Crippen LogP contribution in [-0.4, -0.2) is 40.7 Å². The SMILES string of the molecule is O=C(O)COc1c(Br)cc(C=NN=C2NC(=O)CS2)cc1Br. The molecule has 1 aliphatic rings. The van der Waals surface area contributed by atoms with E-state index in [1.165, 1.54) is 18.0 Å². The number of halogens is 2. The second kappa shape index (κ2) is 7.75. The first kappa shape index (κ1) is 17.0. The number of ether oxygens (including phenoxy) is 1. The van der Waals surface area contributed by atoms with Crippen LogP contribution in [0.3, 0.4) is 0 Å². The lowest BCUT2D eigenvalue weighted by atomic mass is 10.2. The quantitative estimate of drug-likeness (QED) is 0.529. The number of aliphatic carboxylic acids is 1. The number of rotatable bonds is 5. The van der Waals surface area contributed by atoms with Gasteiger partial charge in [0.25, 0.3) is 0 Å². The Morgan fingerprint density at radius 2 is 2.14 bits per heavy atom. The van der Waals surface area contributed by atoms with E-state index in [1.807, 2.05) is 0 Å². The van der Waals surface area contributed by atoms with Gasteiger partial charge in [0.2, 0.25) is 5.91 Å². The minimum Gasteiger partial charge on any atom is -0.480 e. The highest BCUT2D eigenvalue weighted by atomic mass is 79.9. The molecule has 1 fully saturated rings. The molecule has 116 valence electrons. The Hall–Kier alpha value is -1.39. The Morgan fingerprint density at radius 1 is 1.45 bits per heavy atom. The van der Waals surface area contributed by atoms with Crippen LogP contribution in [0.4, 0.5) is 0 Å². The molecule has 0 saturated carbocycles. The van der Waals surface area contributed by atoms with Crippen molar-refractivity contribution in [3.63, 3.8) is 0 Å². The number of hydrogen-bond acceptors (Lipinski definition) is 6. The summed E-state index contributed by atoms with van der Waals surface area (Å²) in [6.07, 6.45) is 1.51. The summed E-state index contributed by atoms with van der Waals surface area (Å²) < 4.78 is 6.33. The summed E-state index contributed by atoms with van der Waals surface area (Å²) in [5.41, 5.74) is 0.722. The van der Waals surface area contributed by atoms with Gasteiger partial charge in [0.15, 0.2) is 11.8 Å². The van der Waals surface area contributed by atoms with Gasteiger partial charge in [-0.1, -0.05) is 11.8 Å². The van der Waals surface area contributed by atoms with Gasteiger partial charge in [-0.15, -0.1) is 5.10 Å². The maximum absolute atomic E-state index is 11.0. The van der Waals surface area contributed by atoms with E-state index in [-0.39, 0.29) is 5.91 Å². The number of benzene rings is 1. The average Bonchev–Trinajstić information content (AvgIpc) is 2.83. The van der Waals surface area contributed by atoms with E-state index >= 15 is 0 Å². The first-order valence-corrected chi connectivity index (χ1v) is 8.40. The smallest absolute Gasteiger partial charge is 0.341 e. The third-order valence-electron chi connectivity index (χ3n) is 2.30. The molecule has 22 heavy (non-hydrogen) atoms. The van der Waals surface area contributed by atoms with Crippen LogP contribution in [0.1, 0.15) is 5.56 Å². The standard InChI is InChI=1S/C12H9Br2N3O4S/c13-7-1-6(2-8(14)11(7)21-4-10(19)20)3-15-17-12-16-9(18)5-22-12/h1-3H,4-5H2,(H,19,20)(H,16,17,18). The third kappa shape index (κ3) is 4.82. The van der Waals surface area contributed by atoms with Crippen molar-refractivity contribution in [2.45, 2.75) is 0 Å². The molecule has 0 unspecified atom stereocenters. The second-order valence-electron chi connectivity index (χ2n) is 3.98. The number of carbonyl (C=O) groups excluding carboxylic acids is 1. The van der Waals surface area contributed by atoms with Gasteiger partial charge < -0.3 is 15.2 Å². The van der Waals surface area contributed by atoms with Crippen molar-refractivity contribution in [2.24, 2.45) is 10.2 Å². The molecule has 0 atom stereocenters. The Morgan fingerprint density at radius 3 is 2.68 bits per heavy atom. The van der Waals surface area contributed by atoms with Gasteiger partial charge in [-0.05, 0) is 49.6 Å². The number of nitrogens with zero attached hydrogens (tertiary/aromatic N) is 2. The van der Waals surface area contributed by atoms with Crippen LogP contribution in [0.2, 0.25) is 0 Å². The fraction of sp³-hybridized carbons (Fsp3) is 0.167. The van der Waals surface area contributed by atoms with Crippen molar-refractivity contribution in [2.75, 3.05) is 12.4 Å². The van der Waals surface area contributed by atoms with Crippen LogP contribution >= 0.6 is 43.6 Å². The lowest BCUT2D eigenvalue weighted by Gasteiger charge is -2.09. The van der Waals surface area contributed by atoms with Crippen molar-refractivity contribution >= 4 is 66.9 Å². The predicted molar refractivity (Wildman–Crippen MR) is 90.6 cm³/mol. The molecule has 0 spiro atoms. The van der Waals surface area contributed by atoms with E-state index < -0.39 is 12.6 Å². The molecule has 0 bridgehead atoms.